The molecule has 0 aliphatic heterocycles. The number of benzene rings is 2. The lowest BCUT2D eigenvalue weighted by Gasteiger charge is -2.24. The van der Waals surface area contributed by atoms with Crippen molar-refractivity contribution in [1.29, 1.82) is 0 Å². The molecule has 4 nitrogen and oxygen atoms in total. The molecule has 3 aromatic rings. The number of carbonyl (C=O) groups is 1. The Morgan fingerprint density at radius 3 is 2.43 bits per heavy atom. The van der Waals surface area contributed by atoms with Crippen LogP contribution in [0.2, 0.25) is 0 Å². The van der Waals surface area contributed by atoms with E-state index in [0.29, 0.717) is 13.1 Å². The van der Waals surface area contributed by atoms with E-state index in [1.165, 1.54) is 5.56 Å². The van der Waals surface area contributed by atoms with Gasteiger partial charge in [-0.1, -0.05) is 55.5 Å². The first-order valence-corrected chi connectivity index (χ1v) is 9.59. The zero-order valence-electron chi connectivity index (χ0n) is 16.5. The van der Waals surface area contributed by atoms with Crippen LogP contribution in [0.5, 0.6) is 5.75 Å². The van der Waals surface area contributed by atoms with E-state index in [0.717, 1.165) is 28.9 Å². The molecule has 0 radical (unpaired) electrons. The van der Waals surface area contributed by atoms with Crippen LogP contribution in [0.4, 0.5) is 0 Å². The molecule has 0 saturated heterocycles. The molecule has 1 aromatic heterocycles. The van der Waals surface area contributed by atoms with Crippen molar-refractivity contribution in [1.82, 2.24) is 9.88 Å². The summed E-state index contributed by atoms with van der Waals surface area (Å²) in [4.78, 5) is 19.0. The fourth-order valence-corrected chi connectivity index (χ4v) is 3.10. The molecular formula is C24H26N2O2. The van der Waals surface area contributed by atoms with Crippen molar-refractivity contribution in [2.75, 3.05) is 6.61 Å². The molecule has 0 fully saturated rings. The Balaban J connectivity index is 1.75. The fourth-order valence-electron chi connectivity index (χ4n) is 3.10. The maximum absolute atomic E-state index is 13.0. The van der Waals surface area contributed by atoms with Crippen LogP contribution in [0.1, 0.15) is 29.2 Å². The van der Waals surface area contributed by atoms with E-state index in [4.69, 9.17) is 4.74 Å². The number of amides is 1. The van der Waals surface area contributed by atoms with Crippen molar-refractivity contribution in [3.8, 4) is 5.75 Å². The summed E-state index contributed by atoms with van der Waals surface area (Å²) in [6.07, 6.45) is 4.40. The molecule has 1 amide bonds. The molecule has 0 saturated carbocycles. The molecule has 2 aromatic carbocycles. The summed E-state index contributed by atoms with van der Waals surface area (Å²) in [6, 6.07) is 19.9. The van der Waals surface area contributed by atoms with Crippen molar-refractivity contribution in [3.05, 3.63) is 95.3 Å². The maximum Gasteiger partial charge on any atom is 0.261 e. The molecule has 0 atom stereocenters. The van der Waals surface area contributed by atoms with Gasteiger partial charge >= 0.3 is 0 Å². The van der Waals surface area contributed by atoms with Crippen LogP contribution in [0, 0.1) is 6.92 Å². The summed E-state index contributed by atoms with van der Waals surface area (Å²) in [7, 11) is 0. The number of hydrogen-bond donors (Lipinski definition) is 0. The summed E-state index contributed by atoms with van der Waals surface area (Å²) in [5.74, 6) is 0.730. The average Bonchev–Trinajstić information content (AvgIpc) is 2.74. The average molecular weight is 374 g/mol. The predicted octanol–water partition coefficient (Wildman–Crippen LogP) is 4.56. The number of rotatable bonds is 8. The highest BCUT2D eigenvalue weighted by Crippen LogP contribution is 2.19. The number of carbonyl (C=O) groups excluding carboxylic acids is 1. The second kappa shape index (κ2) is 9.70. The number of pyridine rings is 1. The van der Waals surface area contributed by atoms with E-state index in [2.05, 4.69) is 31.0 Å². The van der Waals surface area contributed by atoms with Crippen LogP contribution in [-0.4, -0.2) is 22.4 Å². The normalized spacial score (nSPS) is 10.5. The number of para-hydroxylation sites is 1. The zero-order chi connectivity index (χ0) is 19.8. The molecule has 28 heavy (non-hydrogen) atoms. The molecule has 1 heterocycles. The Kier molecular flexibility index (Phi) is 6.79. The topological polar surface area (TPSA) is 42.4 Å². The molecule has 3 rings (SSSR count). The lowest BCUT2D eigenvalue weighted by molar-refractivity contribution is -0.134. The highest BCUT2D eigenvalue weighted by molar-refractivity contribution is 5.78. The molecule has 4 heteroatoms. The van der Waals surface area contributed by atoms with E-state index >= 15 is 0 Å². The molecule has 144 valence electrons. The van der Waals surface area contributed by atoms with Gasteiger partial charge in [-0.2, -0.15) is 0 Å². The van der Waals surface area contributed by atoms with Crippen molar-refractivity contribution in [3.63, 3.8) is 0 Å². The van der Waals surface area contributed by atoms with Gasteiger partial charge in [0.2, 0.25) is 0 Å². The lowest BCUT2D eigenvalue weighted by atomic mass is 10.1. The minimum atomic E-state index is -0.0435. The largest absolute Gasteiger partial charge is 0.483 e. The van der Waals surface area contributed by atoms with Gasteiger partial charge < -0.3 is 9.64 Å². The first-order valence-electron chi connectivity index (χ1n) is 9.59. The Morgan fingerprint density at radius 1 is 0.964 bits per heavy atom. The first kappa shape index (κ1) is 19.6. The molecule has 0 N–H and O–H groups in total. The third-order valence-electron chi connectivity index (χ3n) is 4.78. The molecular weight excluding hydrogens is 348 g/mol. The Hall–Kier alpha value is -3.14. The number of aromatic nitrogens is 1. The van der Waals surface area contributed by atoms with Crippen LogP contribution in [0.15, 0.2) is 73.1 Å². The van der Waals surface area contributed by atoms with Crippen molar-refractivity contribution in [2.24, 2.45) is 0 Å². The Labute approximate surface area is 166 Å². The Bertz CT molecular complexity index is 909. The van der Waals surface area contributed by atoms with Gasteiger partial charge in [0.25, 0.3) is 5.91 Å². The van der Waals surface area contributed by atoms with Crippen LogP contribution >= 0.6 is 0 Å². The highest BCUT2D eigenvalue weighted by atomic mass is 16.5. The molecule has 0 unspecified atom stereocenters. The summed E-state index contributed by atoms with van der Waals surface area (Å²) in [5, 5.41) is 0. The number of nitrogens with zero attached hydrogens (tertiary/aromatic N) is 2. The Morgan fingerprint density at radius 2 is 1.71 bits per heavy atom. The summed E-state index contributed by atoms with van der Waals surface area (Å²) >= 11 is 0. The van der Waals surface area contributed by atoms with Crippen molar-refractivity contribution >= 4 is 5.91 Å². The van der Waals surface area contributed by atoms with Gasteiger partial charge in [-0.05, 0) is 47.7 Å². The van der Waals surface area contributed by atoms with Crippen molar-refractivity contribution in [2.45, 2.75) is 33.4 Å². The van der Waals surface area contributed by atoms with Gasteiger partial charge in [0.1, 0.15) is 5.75 Å². The van der Waals surface area contributed by atoms with Crippen molar-refractivity contribution < 1.29 is 9.53 Å². The van der Waals surface area contributed by atoms with Gasteiger partial charge in [0.05, 0.1) is 0 Å². The van der Waals surface area contributed by atoms with E-state index in [-0.39, 0.29) is 12.5 Å². The van der Waals surface area contributed by atoms with Gasteiger partial charge in [0.15, 0.2) is 6.61 Å². The SMILES string of the molecule is CCc1ccccc1OCC(=O)N(Cc1cccnc1)Cc1ccccc1C. The van der Waals surface area contributed by atoms with Gasteiger partial charge in [-0.15, -0.1) is 0 Å². The smallest absolute Gasteiger partial charge is 0.261 e. The molecule has 0 aliphatic rings. The maximum atomic E-state index is 13.0. The zero-order valence-corrected chi connectivity index (χ0v) is 16.5. The third-order valence-corrected chi connectivity index (χ3v) is 4.78. The molecule has 0 spiro atoms. The van der Waals surface area contributed by atoms with Crippen LogP contribution in [0.25, 0.3) is 0 Å². The summed E-state index contributed by atoms with van der Waals surface area (Å²) in [6.45, 7) is 5.20. The third kappa shape index (κ3) is 5.19. The molecule has 0 bridgehead atoms. The minimum absolute atomic E-state index is 0.0170. The van der Waals surface area contributed by atoms with Crippen LogP contribution < -0.4 is 4.74 Å². The highest BCUT2D eigenvalue weighted by Gasteiger charge is 2.17. The second-order valence-electron chi connectivity index (χ2n) is 6.79. The van der Waals surface area contributed by atoms with Crippen LogP contribution in [0.3, 0.4) is 0 Å². The summed E-state index contributed by atoms with van der Waals surface area (Å²) < 4.78 is 5.87. The number of hydrogen-bond acceptors (Lipinski definition) is 3. The molecule has 0 aliphatic carbocycles. The van der Waals surface area contributed by atoms with E-state index in [9.17, 15) is 4.79 Å². The minimum Gasteiger partial charge on any atom is -0.483 e. The first-order chi connectivity index (χ1) is 13.7. The summed E-state index contributed by atoms with van der Waals surface area (Å²) in [5.41, 5.74) is 4.41. The fraction of sp³-hybridized carbons (Fsp3) is 0.250. The van der Waals surface area contributed by atoms with E-state index < -0.39 is 0 Å². The predicted molar refractivity (Wildman–Crippen MR) is 111 cm³/mol. The quantitative estimate of drug-likeness (QED) is 0.580. The van der Waals surface area contributed by atoms with Gasteiger partial charge in [-0.25, -0.2) is 0 Å². The second-order valence-corrected chi connectivity index (χ2v) is 6.79. The van der Waals surface area contributed by atoms with Gasteiger partial charge in [-0.3, -0.25) is 9.78 Å². The number of aryl methyl sites for hydroxylation is 2. The van der Waals surface area contributed by atoms with E-state index in [1.807, 2.05) is 53.4 Å². The van der Waals surface area contributed by atoms with Crippen LogP contribution in [-0.2, 0) is 24.3 Å². The van der Waals surface area contributed by atoms with E-state index in [1.54, 1.807) is 12.4 Å². The lowest BCUT2D eigenvalue weighted by Crippen LogP contribution is -2.34. The number of ether oxygens (including phenoxy) is 1. The van der Waals surface area contributed by atoms with Gasteiger partial charge in [0, 0.05) is 25.5 Å². The monoisotopic (exact) mass is 374 g/mol. The standard InChI is InChI=1S/C24H26N2O2/c1-3-21-11-6-7-13-23(21)28-18-24(27)26(16-20-10-8-14-25-15-20)17-22-12-5-4-9-19(22)2/h4-15H,3,16-18H2,1-2H3.